The highest BCUT2D eigenvalue weighted by molar-refractivity contribution is 7.09. The number of amides is 1. The van der Waals surface area contributed by atoms with Crippen molar-refractivity contribution in [3.8, 4) is 0 Å². The molecule has 0 bridgehead atoms. The van der Waals surface area contributed by atoms with E-state index in [4.69, 9.17) is 5.11 Å². The number of nitrogens with zero attached hydrogens (tertiary/aromatic N) is 2. The Kier molecular flexibility index (Phi) is 4.21. The van der Waals surface area contributed by atoms with Gasteiger partial charge in [0.15, 0.2) is 5.69 Å². The molecule has 20 heavy (non-hydrogen) atoms. The zero-order chi connectivity index (χ0) is 14.5. The van der Waals surface area contributed by atoms with Gasteiger partial charge in [0.1, 0.15) is 0 Å². The average molecular weight is 289 g/mol. The predicted molar refractivity (Wildman–Crippen MR) is 75.7 cm³/mol. The highest BCUT2D eigenvalue weighted by Crippen LogP contribution is 2.13. The van der Waals surface area contributed by atoms with Gasteiger partial charge in [-0.05, 0) is 25.1 Å². The molecule has 2 rings (SSSR count). The lowest BCUT2D eigenvalue weighted by molar-refractivity contribution is -0.111. The Morgan fingerprint density at radius 1 is 1.45 bits per heavy atom. The van der Waals surface area contributed by atoms with E-state index < -0.39 is 11.9 Å². The number of hydrogen-bond acceptors (Lipinski definition) is 5. The Morgan fingerprint density at radius 3 is 2.90 bits per heavy atom. The van der Waals surface area contributed by atoms with E-state index in [2.05, 4.69) is 15.3 Å². The van der Waals surface area contributed by atoms with Gasteiger partial charge in [-0.1, -0.05) is 0 Å². The van der Waals surface area contributed by atoms with Gasteiger partial charge in [-0.25, -0.2) is 14.8 Å². The molecule has 102 valence electrons. The summed E-state index contributed by atoms with van der Waals surface area (Å²) in [5.41, 5.74) is 0.648. The lowest BCUT2D eigenvalue weighted by atomic mass is 10.3. The molecule has 0 spiro atoms. The van der Waals surface area contributed by atoms with Crippen LogP contribution >= 0.6 is 11.3 Å². The van der Waals surface area contributed by atoms with Crippen molar-refractivity contribution in [3.05, 3.63) is 46.2 Å². The highest BCUT2D eigenvalue weighted by Gasteiger charge is 2.12. The zero-order valence-corrected chi connectivity index (χ0v) is 11.3. The van der Waals surface area contributed by atoms with Crippen LogP contribution in [0.25, 0.3) is 6.08 Å². The molecule has 0 saturated carbocycles. The van der Waals surface area contributed by atoms with Gasteiger partial charge in [-0.15, -0.1) is 11.3 Å². The average Bonchev–Trinajstić information content (AvgIpc) is 2.83. The molecule has 0 radical (unpaired) electrons. The lowest BCUT2D eigenvalue weighted by Gasteiger charge is -2.04. The SMILES string of the molecule is Cc1nc(/C=C/C(=O)Nc2cccnc2C(=O)O)cs1. The van der Waals surface area contributed by atoms with Crippen LogP contribution in [-0.4, -0.2) is 27.0 Å². The standard InChI is InChI=1S/C13H11N3O3S/c1-8-15-9(7-20-8)4-5-11(17)16-10-3-2-6-14-12(10)13(18)19/h2-7H,1H3,(H,16,17)(H,18,19)/b5-4+. The minimum absolute atomic E-state index is 0.157. The van der Waals surface area contributed by atoms with Gasteiger partial charge in [0.25, 0.3) is 0 Å². The number of rotatable bonds is 4. The van der Waals surface area contributed by atoms with Crippen LogP contribution in [0, 0.1) is 6.92 Å². The molecular formula is C13H11N3O3S. The molecular weight excluding hydrogens is 278 g/mol. The van der Waals surface area contributed by atoms with Gasteiger partial charge >= 0.3 is 5.97 Å². The number of pyridine rings is 1. The monoisotopic (exact) mass is 289 g/mol. The van der Waals surface area contributed by atoms with E-state index in [0.717, 1.165) is 5.01 Å². The van der Waals surface area contributed by atoms with E-state index in [1.165, 1.54) is 29.7 Å². The summed E-state index contributed by atoms with van der Waals surface area (Å²) in [6.45, 7) is 1.87. The van der Waals surface area contributed by atoms with E-state index in [0.29, 0.717) is 5.69 Å². The van der Waals surface area contributed by atoms with Crippen LogP contribution in [0.3, 0.4) is 0 Å². The summed E-state index contributed by atoms with van der Waals surface area (Å²) < 4.78 is 0. The Bertz CT molecular complexity index is 679. The predicted octanol–water partition coefficient (Wildman–Crippen LogP) is 2.20. The lowest BCUT2D eigenvalue weighted by Crippen LogP contribution is -2.13. The van der Waals surface area contributed by atoms with Crippen LogP contribution in [-0.2, 0) is 4.79 Å². The topological polar surface area (TPSA) is 92.2 Å². The summed E-state index contributed by atoms with van der Waals surface area (Å²) in [4.78, 5) is 30.6. The smallest absolute Gasteiger partial charge is 0.356 e. The molecule has 0 fully saturated rings. The molecule has 6 nitrogen and oxygen atoms in total. The van der Waals surface area contributed by atoms with E-state index in [9.17, 15) is 9.59 Å². The quantitative estimate of drug-likeness (QED) is 0.842. The van der Waals surface area contributed by atoms with Crippen molar-refractivity contribution in [1.29, 1.82) is 0 Å². The number of nitrogens with one attached hydrogen (secondary N) is 1. The van der Waals surface area contributed by atoms with Gasteiger partial charge in [-0.3, -0.25) is 4.79 Å². The van der Waals surface area contributed by atoms with Gasteiger partial charge in [0.05, 0.1) is 16.4 Å². The van der Waals surface area contributed by atoms with Gasteiger partial charge in [0, 0.05) is 17.7 Å². The Labute approximate surface area is 118 Å². The second kappa shape index (κ2) is 6.07. The molecule has 2 aromatic heterocycles. The maximum Gasteiger partial charge on any atom is 0.356 e. The van der Waals surface area contributed by atoms with E-state index in [1.54, 1.807) is 12.1 Å². The molecule has 2 aromatic rings. The number of aromatic nitrogens is 2. The van der Waals surface area contributed by atoms with Crippen molar-refractivity contribution >= 4 is 35.0 Å². The third kappa shape index (κ3) is 3.48. The fraction of sp³-hybridized carbons (Fsp3) is 0.0769. The number of thiazole rings is 1. The molecule has 0 aliphatic heterocycles. The third-order valence-electron chi connectivity index (χ3n) is 2.31. The first-order valence-electron chi connectivity index (χ1n) is 5.66. The number of aryl methyl sites for hydroxylation is 1. The minimum Gasteiger partial charge on any atom is -0.476 e. The van der Waals surface area contributed by atoms with Crippen LogP contribution < -0.4 is 5.32 Å². The van der Waals surface area contributed by atoms with Crippen LogP contribution in [0.4, 0.5) is 5.69 Å². The van der Waals surface area contributed by atoms with E-state index in [-0.39, 0.29) is 11.4 Å². The first kappa shape index (κ1) is 13.9. The molecule has 2 heterocycles. The fourth-order valence-electron chi connectivity index (χ4n) is 1.47. The third-order valence-corrected chi connectivity index (χ3v) is 3.10. The first-order chi connectivity index (χ1) is 9.56. The number of carbonyl (C=O) groups is 2. The maximum absolute atomic E-state index is 11.7. The first-order valence-corrected chi connectivity index (χ1v) is 6.54. The second-order valence-corrected chi connectivity index (χ2v) is 4.88. The number of anilines is 1. The summed E-state index contributed by atoms with van der Waals surface area (Å²) in [6.07, 6.45) is 4.22. The number of carboxylic acid groups (broad SMARTS) is 1. The largest absolute Gasteiger partial charge is 0.476 e. The summed E-state index contributed by atoms with van der Waals surface area (Å²) >= 11 is 1.48. The normalized spacial score (nSPS) is 10.7. The van der Waals surface area contributed by atoms with Crippen LogP contribution in [0.2, 0.25) is 0 Å². The van der Waals surface area contributed by atoms with Crippen LogP contribution in [0.5, 0.6) is 0 Å². The van der Waals surface area contributed by atoms with E-state index in [1.807, 2.05) is 12.3 Å². The summed E-state index contributed by atoms with van der Waals surface area (Å²) in [6, 6.07) is 3.03. The van der Waals surface area contributed by atoms with Gasteiger partial charge in [-0.2, -0.15) is 0 Å². The van der Waals surface area contributed by atoms with Crippen molar-refractivity contribution < 1.29 is 14.7 Å². The number of aromatic carboxylic acids is 1. The highest BCUT2D eigenvalue weighted by atomic mass is 32.1. The van der Waals surface area contributed by atoms with Gasteiger partial charge in [0.2, 0.25) is 5.91 Å². The molecule has 2 N–H and O–H groups in total. The van der Waals surface area contributed by atoms with E-state index >= 15 is 0 Å². The number of hydrogen-bond donors (Lipinski definition) is 2. The Balaban J connectivity index is 2.09. The molecule has 0 atom stereocenters. The van der Waals surface area contributed by atoms with Crippen molar-refractivity contribution in [3.63, 3.8) is 0 Å². The Morgan fingerprint density at radius 2 is 2.25 bits per heavy atom. The summed E-state index contributed by atoms with van der Waals surface area (Å²) in [5.74, 6) is -1.63. The second-order valence-electron chi connectivity index (χ2n) is 3.82. The summed E-state index contributed by atoms with van der Waals surface area (Å²) in [7, 11) is 0. The molecule has 0 unspecified atom stereocenters. The number of carboxylic acids is 1. The van der Waals surface area contributed by atoms with Crippen LogP contribution in [0.1, 0.15) is 21.2 Å². The van der Waals surface area contributed by atoms with Crippen molar-refractivity contribution in [2.45, 2.75) is 6.92 Å². The molecule has 0 saturated heterocycles. The fourth-order valence-corrected chi connectivity index (χ4v) is 2.05. The minimum atomic E-state index is -1.19. The molecule has 0 aliphatic carbocycles. The van der Waals surface area contributed by atoms with Crippen molar-refractivity contribution in [2.24, 2.45) is 0 Å². The zero-order valence-electron chi connectivity index (χ0n) is 10.5. The molecule has 0 aliphatic rings. The maximum atomic E-state index is 11.7. The molecule has 0 aromatic carbocycles. The molecule has 1 amide bonds. The summed E-state index contributed by atoms with van der Waals surface area (Å²) in [5, 5.41) is 14.2. The van der Waals surface area contributed by atoms with Crippen molar-refractivity contribution in [1.82, 2.24) is 9.97 Å². The number of carbonyl (C=O) groups excluding carboxylic acids is 1. The molecule has 7 heteroatoms. The Hall–Kier alpha value is -2.54. The van der Waals surface area contributed by atoms with Crippen molar-refractivity contribution in [2.75, 3.05) is 5.32 Å². The van der Waals surface area contributed by atoms with Crippen LogP contribution in [0.15, 0.2) is 29.8 Å². The van der Waals surface area contributed by atoms with Gasteiger partial charge < -0.3 is 10.4 Å².